The Kier molecular flexibility index (Phi) is 7.37. The van der Waals surface area contributed by atoms with E-state index in [2.05, 4.69) is 36.1 Å². The van der Waals surface area contributed by atoms with Gasteiger partial charge in [-0.15, -0.1) is 11.3 Å². The summed E-state index contributed by atoms with van der Waals surface area (Å²) in [6, 6.07) is 17.5. The van der Waals surface area contributed by atoms with Gasteiger partial charge in [0.2, 0.25) is 0 Å². The van der Waals surface area contributed by atoms with Gasteiger partial charge in [-0.25, -0.2) is 9.18 Å². The third-order valence-electron chi connectivity index (χ3n) is 8.18. The number of nitrogens with zero attached hydrogens (tertiary/aromatic N) is 3. The number of carbonyl (C=O) groups excluding carboxylic acids is 1. The molecule has 8 heteroatoms. The number of benzene rings is 2. The van der Waals surface area contributed by atoms with Crippen molar-refractivity contribution in [1.82, 2.24) is 4.90 Å². The third kappa shape index (κ3) is 5.58. The third-order valence-corrected chi connectivity index (χ3v) is 8.92. The molecule has 0 bridgehead atoms. The first kappa shape index (κ1) is 25.3. The van der Waals surface area contributed by atoms with Crippen molar-refractivity contribution >= 4 is 28.8 Å². The number of halogens is 1. The van der Waals surface area contributed by atoms with Crippen LogP contribution in [0, 0.1) is 30.5 Å². The van der Waals surface area contributed by atoms with Gasteiger partial charge in [0, 0.05) is 39.3 Å². The van der Waals surface area contributed by atoms with Crippen LogP contribution in [0.15, 0.2) is 60.0 Å². The van der Waals surface area contributed by atoms with Gasteiger partial charge in [0.05, 0.1) is 24.6 Å². The quantitative estimate of drug-likeness (QED) is 0.384. The van der Waals surface area contributed by atoms with Gasteiger partial charge >= 0.3 is 6.09 Å². The average molecular weight is 536 g/mol. The molecule has 3 aliphatic rings. The Morgan fingerprint density at radius 3 is 2.55 bits per heavy atom. The van der Waals surface area contributed by atoms with Crippen LogP contribution in [0.5, 0.6) is 5.06 Å². The van der Waals surface area contributed by atoms with E-state index in [4.69, 9.17) is 9.47 Å². The minimum absolute atomic E-state index is 0.323. The summed E-state index contributed by atoms with van der Waals surface area (Å²) in [5.74, 6) is 1.23. The van der Waals surface area contributed by atoms with Crippen LogP contribution in [0.25, 0.3) is 0 Å². The lowest BCUT2D eigenvalue weighted by atomic mass is 10.1. The van der Waals surface area contributed by atoms with Crippen molar-refractivity contribution in [3.63, 3.8) is 0 Å². The van der Waals surface area contributed by atoms with Crippen LogP contribution in [0.2, 0.25) is 0 Å². The molecule has 2 atom stereocenters. The van der Waals surface area contributed by atoms with Crippen molar-refractivity contribution in [2.45, 2.75) is 13.3 Å². The van der Waals surface area contributed by atoms with Crippen molar-refractivity contribution in [3.8, 4) is 5.06 Å². The molecular weight excluding hydrogens is 501 g/mol. The molecule has 1 saturated carbocycles. The highest BCUT2D eigenvalue weighted by Crippen LogP contribution is 2.52. The molecule has 2 saturated heterocycles. The number of hydrogen-bond acceptors (Lipinski definition) is 6. The molecule has 3 heterocycles. The molecule has 1 aliphatic carbocycles. The fraction of sp³-hybridized carbons (Fsp3) is 0.433. The maximum Gasteiger partial charge on any atom is 0.420 e. The molecule has 1 amide bonds. The van der Waals surface area contributed by atoms with Crippen LogP contribution in [0.3, 0.4) is 0 Å². The van der Waals surface area contributed by atoms with Crippen LogP contribution in [-0.2, 0) is 11.2 Å². The van der Waals surface area contributed by atoms with E-state index in [1.54, 1.807) is 17.0 Å². The summed E-state index contributed by atoms with van der Waals surface area (Å²) in [5.41, 5.74) is 3.76. The summed E-state index contributed by atoms with van der Waals surface area (Å²) in [5, 5.41) is 2.42. The largest absolute Gasteiger partial charge is 0.420 e. The Balaban J connectivity index is 1.11. The van der Waals surface area contributed by atoms with Gasteiger partial charge in [-0.2, -0.15) is 0 Å². The highest BCUT2D eigenvalue weighted by atomic mass is 32.1. The van der Waals surface area contributed by atoms with E-state index in [0.717, 1.165) is 26.1 Å². The molecule has 38 heavy (non-hydrogen) atoms. The number of amides is 1. The monoisotopic (exact) mass is 535 g/mol. The number of thiophene rings is 1. The van der Waals surface area contributed by atoms with Gasteiger partial charge in [0.15, 0.2) is 5.06 Å². The van der Waals surface area contributed by atoms with Gasteiger partial charge in [0.25, 0.3) is 0 Å². The van der Waals surface area contributed by atoms with Crippen LogP contribution in [-0.4, -0.2) is 63.5 Å². The van der Waals surface area contributed by atoms with Crippen molar-refractivity contribution in [2.24, 2.45) is 17.8 Å². The molecule has 2 unspecified atom stereocenters. The first-order chi connectivity index (χ1) is 18.5. The topological polar surface area (TPSA) is 45.2 Å². The maximum absolute atomic E-state index is 15.3. The Hall–Kier alpha value is -2.94. The lowest BCUT2D eigenvalue weighted by molar-refractivity contribution is 0.122. The maximum atomic E-state index is 15.3. The van der Waals surface area contributed by atoms with E-state index in [1.807, 2.05) is 22.4 Å². The fourth-order valence-corrected chi connectivity index (χ4v) is 6.48. The van der Waals surface area contributed by atoms with Gasteiger partial charge in [-0.3, -0.25) is 4.90 Å². The molecule has 2 aromatic carbocycles. The average Bonchev–Trinajstić information content (AvgIpc) is 3.27. The second-order valence-electron chi connectivity index (χ2n) is 10.6. The predicted molar refractivity (Wildman–Crippen MR) is 149 cm³/mol. The number of ether oxygens (including phenoxy) is 2. The molecule has 6 nitrogen and oxygen atoms in total. The summed E-state index contributed by atoms with van der Waals surface area (Å²) in [6.45, 7) is 8.32. The zero-order chi connectivity index (χ0) is 26.1. The Morgan fingerprint density at radius 1 is 1.11 bits per heavy atom. The second-order valence-corrected chi connectivity index (χ2v) is 11.5. The van der Waals surface area contributed by atoms with Gasteiger partial charge < -0.3 is 19.3 Å². The molecule has 200 valence electrons. The fourth-order valence-electron chi connectivity index (χ4n) is 5.92. The van der Waals surface area contributed by atoms with Crippen molar-refractivity contribution in [2.75, 3.05) is 62.3 Å². The number of rotatable bonds is 8. The van der Waals surface area contributed by atoms with E-state index in [9.17, 15) is 4.79 Å². The van der Waals surface area contributed by atoms with Crippen molar-refractivity contribution in [1.29, 1.82) is 0 Å². The number of fused-ring (bicyclic) bond motifs is 1. The van der Waals surface area contributed by atoms with Crippen molar-refractivity contribution < 1.29 is 18.7 Å². The number of carbonyl (C=O) groups is 1. The smallest absolute Gasteiger partial charge is 0.399 e. The Labute approximate surface area is 227 Å². The highest BCUT2D eigenvalue weighted by Gasteiger charge is 2.56. The van der Waals surface area contributed by atoms with Crippen LogP contribution >= 0.6 is 11.3 Å². The van der Waals surface area contributed by atoms with Crippen LogP contribution in [0.4, 0.5) is 20.6 Å². The minimum atomic E-state index is -0.452. The molecule has 1 aromatic heterocycles. The predicted octanol–water partition coefficient (Wildman–Crippen LogP) is 5.46. The van der Waals surface area contributed by atoms with Gasteiger partial charge in [-0.1, -0.05) is 29.8 Å². The highest BCUT2D eigenvalue weighted by molar-refractivity contribution is 7.11. The molecule has 3 fully saturated rings. The lowest BCUT2D eigenvalue weighted by Crippen LogP contribution is -2.38. The number of aryl methyl sites for hydroxylation is 1. The summed E-state index contributed by atoms with van der Waals surface area (Å²) in [7, 11) is 0. The van der Waals surface area contributed by atoms with E-state index >= 15 is 4.39 Å². The first-order valence-corrected chi connectivity index (χ1v) is 14.4. The van der Waals surface area contributed by atoms with Crippen LogP contribution < -0.4 is 14.5 Å². The van der Waals surface area contributed by atoms with E-state index in [1.165, 1.54) is 28.5 Å². The molecule has 6 rings (SSSR count). The minimum Gasteiger partial charge on any atom is -0.399 e. The Morgan fingerprint density at radius 2 is 1.87 bits per heavy atom. The Bertz CT molecular complexity index is 1230. The molecule has 2 aliphatic heterocycles. The zero-order valence-corrected chi connectivity index (χ0v) is 22.5. The van der Waals surface area contributed by atoms with Crippen molar-refractivity contribution in [3.05, 3.63) is 76.9 Å². The number of likely N-dealkylation sites (tertiary alicyclic amines) is 1. The molecule has 0 N–H and O–H groups in total. The number of piperidine rings is 1. The zero-order valence-electron chi connectivity index (χ0n) is 21.7. The second kappa shape index (κ2) is 11.0. The normalized spacial score (nSPS) is 22.8. The van der Waals surface area contributed by atoms with E-state index in [-0.39, 0.29) is 5.82 Å². The number of morpholine rings is 1. The molecule has 0 radical (unpaired) electrons. The number of hydrogen-bond donors (Lipinski definition) is 0. The molecule has 3 aromatic rings. The van der Waals surface area contributed by atoms with E-state index < -0.39 is 6.09 Å². The summed E-state index contributed by atoms with van der Waals surface area (Å²) in [4.78, 5) is 19.5. The summed E-state index contributed by atoms with van der Waals surface area (Å²) >= 11 is 1.38. The SMILES string of the molecule is Cc1ccc(CCN2CC3C(C2)C3CN(C(=O)Oc2cccs2)c2ccc(N3CCOCC3)c(F)c2)cc1. The lowest BCUT2D eigenvalue weighted by Gasteiger charge is -2.30. The van der Waals surface area contributed by atoms with E-state index in [0.29, 0.717) is 67.0 Å². The van der Waals surface area contributed by atoms with Gasteiger partial charge in [0.1, 0.15) is 5.82 Å². The number of anilines is 2. The van der Waals surface area contributed by atoms with Gasteiger partial charge in [-0.05, 0) is 72.4 Å². The molecule has 0 spiro atoms. The molecular formula is C30H34FN3O3S. The summed E-state index contributed by atoms with van der Waals surface area (Å²) in [6.07, 6.45) is 0.602. The standard InChI is InChI=1S/C30H34FN3O3S/c1-21-4-6-22(7-5-21)10-11-32-18-24-25(19-32)26(24)20-34(30(35)37-29-3-2-16-38-29)23-8-9-28(27(31)17-23)33-12-14-36-15-13-33/h2-9,16-17,24-26H,10-15,18-20H2,1H3. The van der Waals surface area contributed by atoms with Crippen LogP contribution in [0.1, 0.15) is 11.1 Å². The first-order valence-electron chi connectivity index (χ1n) is 13.5. The summed E-state index contributed by atoms with van der Waals surface area (Å²) < 4.78 is 26.3.